The van der Waals surface area contributed by atoms with Gasteiger partial charge in [-0.25, -0.2) is 4.98 Å². The predicted molar refractivity (Wildman–Crippen MR) is 148 cm³/mol. The first-order valence-corrected chi connectivity index (χ1v) is 15.2. The zero-order valence-electron chi connectivity index (χ0n) is 21.2. The minimum Gasteiger partial charge on any atom is -0.494 e. The van der Waals surface area contributed by atoms with Crippen molar-refractivity contribution in [2.75, 3.05) is 62.3 Å². The molecule has 1 aromatic heterocycles. The number of benzene rings is 2. The number of hydrogen-bond donors (Lipinski definition) is 2. The van der Waals surface area contributed by atoms with Crippen LogP contribution in [0.2, 0.25) is 5.02 Å². The van der Waals surface area contributed by atoms with Gasteiger partial charge in [0.1, 0.15) is 17.9 Å². The van der Waals surface area contributed by atoms with Crippen molar-refractivity contribution < 1.29 is 18.8 Å². The van der Waals surface area contributed by atoms with E-state index in [2.05, 4.69) is 25.5 Å². The van der Waals surface area contributed by atoms with Gasteiger partial charge in [-0.1, -0.05) is 23.7 Å². The van der Waals surface area contributed by atoms with Gasteiger partial charge in [-0.2, -0.15) is 4.98 Å². The summed E-state index contributed by atoms with van der Waals surface area (Å²) in [5.41, 5.74) is 2.48. The minimum atomic E-state index is -2.51. The minimum absolute atomic E-state index is 0.349. The van der Waals surface area contributed by atoms with E-state index in [1.165, 1.54) is 6.20 Å². The third kappa shape index (κ3) is 5.70. The summed E-state index contributed by atoms with van der Waals surface area (Å²) in [6.45, 7) is 6.49. The molecular weight excluding hydrogens is 513 g/mol. The van der Waals surface area contributed by atoms with E-state index in [4.69, 9.17) is 25.8 Å². The van der Waals surface area contributed by atoms with Crippen LogP contribution in [0.4, 0.5) is 28.8 Å². The van der Waals surface area contributed by atoms with Gasteiger partial charge in [-0.15, -0.1) is 0 Å². The molecule has 0 radical (unpaired) electrons. The van der Waals surface area contributed by atoms with Crippen LogP contribution in [0, 0.1) is 0 Å². The van der Waals surface area contributed by atoms with Gasteiger partial charge in [-0.3, -0.25) is 0 Å². The molecule has 0 amide bonds. The number of piperidine rings is 1. The summed E-state index contributed by atoms with van der Waals surface area (Å²) < 4.78 is 30.1. The van der Waals surface area contributed by atoms with E-state index >= 15 is 0 Å². The highest BCUT2D eigenvalue weighted by Gasteiger charge is 2.39. The molecule has 9 nitrogen and oxygen atoms in total. The second-order valence-electron chi connectivity index (χ2n) is 9.49. The normalized spacial score (nSPS) is 17.1. The van der Waals surface area contributed by atoms with Crippen molar-refractivity contribution in [2.45, 2.75) is 18.6 Å². The quantitative estimate of drug-likeness (QED) is 0.389. The molecule has 2 fully saturated rings. The van der Waals surface area contributed by atoms with E-state index in [9.17, 15) is 4.57 Å². The molecule has 196 valence electrons. The highest BCUT2D eigenvalue weighted by Crippen LogP contribution is 2.39. The van der Waals surface area contributed by atoms with Gasteiger partial charge in [-0.05, 0) is 37.6 Å². The molecule has 2 saturated heterocycles. The SMILES string of the molecule is COc1cc(N2CCC3(CC2)OCCO3)ccc1Nc1ncc(Cl)c(Nc2ccccc2P(C)(C)=O)n1. The maximum Gasteiger partial charge on any atom is 0.229 e. The van der Waals surface area contributed by atoms with Crippen molar-refractivity contribution in [1.82, 2.24) is 9.97 Å². The number of para-hydroxylation sites is 1. The van der Waals surface area contributed by atoms with Crippen molar-refractivity contribution in [3.05, 3.63) is 53.7 Å². The standard InChI is InChI=1S/C26H31ClN5O4P/c1-34-22-16-18(32-12-10-26(11-13-32)35-14-15-36-26)8-9-20(22)30-25-28-17-19(27)24(31-25)29-21-6-4-5-7-23(21)37(2,3)33/h4-9,16-17H,10-15H2,1-3H3,(H2,28,29,30,31). The largest absolute Gasteiger partial charge is 0.494 e. The van der Waals surface area contributed by atoms with Crippen molar-refractivity contribution in [1.29, 1.82) is 0 Å². The van der Waals surface area contributed by atoms with E-state index in [1.807, 2.05) is 42.5 Å². The van der Waals surface area contributed by atoms with Crippen molar-refractivity contribution in [3.63, 3.8) is 0 Å². The number of aromatic nitrogens is 2. The zero-order chi connectivity index (χ0) is 26.0. The van der Waals surface area contributed by atoms with Crippen molar-refractivity contribution in [2.24, 2.45) is 0 Å². The lowest BCUT2D eigenvalue weighted by molar-refractivity contribution is -0.169. The third-order valence-corrected chi connectivity index (χ3v) is 8.44. The maximum absolute atomic E-state index is 12.8. The Morgan fingerprint density at radius 1 is 1.05 bits per heavy atom. The Labute approximate surface area is 221 Å². The lowest BCUT2D eigenvalue weighted by Gasteiger charge is -2.38. The monoisotopic (exact) mass is 543 g/mol. The molecule has 3 heterocycles. The molecule has 2 aliphatic heterocycles. The smallest absolute Gasteiger partial charge is 0.229 e. The average Bonchev–Trinajstić information content (AvgIpc) is 3.34. The van der Waals surface area contributed by atoms with Crippen LogP contribution in [-0.2, 0) is 14.0 Å². The second kappa shape index (κ2) is 10.5. The molecule has 0 aliphatic carbocycles. The Balaban J connectivity index is 1.33. The fourth-order valence-corrected chi connectivity index (χ4v) is 5.98. The molecule has 11 heteroatoms. The van der Waals surface area contributed by atoms with Crippen LogP contribution in [-0.4, -0.2) is 62.5 Å². The predicted octanol–water partition coefficient (Wildman–Crippen LogP) is 5.22. The van der Waals surface area contributed by atoms with Gasteiger partial charge in [0.15, 0.2) is 11.6 Å². The van der Waals surface area contributed by atoms with Crippen LogP contribution in [0.1, 0.15) is 12.8 Å². The summed E-state index contributed by atoms with van der Waals surface area (Å²) in [7, 11) is -0.874. The van der Waals surface area contributed by atoms with E-state index in [0.29, 0.717) is 41.4 Å². The maximum atomic E-state index is 12.8. The number of hydrogen-bond acceptors (Lipinski definition) is 9. The first-order valence-electron chi connectivity index (χ1n) is 12.2. The van der Waals surface area contributed by atoms with Gasteiger partial charge in [0, 0.05) is 43.0 Å². The van der Waals surface area contributed by atoms with Gasteiger partial charge in [0.05, 0.1) is 37.9 Å². The summed E-state index contributed by atoms with van der Waals surface area (Å²) in [6, 6.07) is 13.4. The van der Waals surface area contributed by atoms with Crippen LogP contribution in [0.5, 0.6) is 5.75 Å². The second-order valence-corrected chi connectivity index (χ2v) is 13.1. The highest BCUT2D eigenvalue weighted by atomic mass is 35.5. The number of ether oxygens (including phenoxy) is 3. The molecule has 0 bridgehead atoms. The molecule has 0 saturated carbocycles. The number of halogens is 1. The molecule has 1 spiro atoms. The lowest BCUT2D eigenvalue weighted by Crippen LogP contribution is -2.45. The van der Waals surface area contributed by atoms with E-state index in [-0.39, 0.29) is 0 Å². The number of nitrogens with one attached hydrogen (secondary N) is 2. The number of rotatable bonds is 7. The molecule has 2 aliphatic rings. The van der Waals surface area contributed by atoms with Gasteiger partial charge in [0.25, 0.3) is 0 Å². The highest BCUT2D eigenvalue weighted by molar-refractivity contribution is 7.70. The summed E-state index contributed by atoms with van der Waals surface area (Å²) in [6.07, 6.45) is 3.19. The number of methoxy groups -OCH3 is 1. The van der Waals surface area contributed by atoms with Crippen LogP contribution >= 0.6 is 18.7 Å². The molecule has 3 aromatic rings. The summed E-state index contributed by atoms with van der Waals surface area (Å²) in [4.78, 5) is 11.2. The van der Waals surface area contributed by atoms with Crippen LogP contribution in [0.15, 0.2) is 48.7 Å². The first kappa shape index (κ1) is 25.8. The van der Waals surface area contributed by atoms with Crippen LogP contribution in [0.25, 0.3) is 0 Å². The fraction of sp³-hybridized carbons (Fsp3) is 0.385. The van der Waals surface area contributed by atoms with E-state index < -0.39 is 12.9 Å². The molecule has 2 N–H and O–H groups in total. The molecule has 0 unspecified atom stereocenters. The van der Waals surface area contributed by atoms with Gasteiger partial charge < -0.3 is 34.3 Å². The average molecular weight is 544 g/mol. The zero-order valence-corrected chi connectivity index (χ0v) is 22.8. The van der Waals surface area contributed by atoms with Crippen molar-refractivity contribution in [3.8, 4) is 5.75 Å². The fourth-order valence-electron chi connectivity index (χ4n) is 4.68. The van der Waals surface area contributed by atoms with E-state index in [1.54, 1.807) is 20.4 Å². The number of anilines is 5. The van der Waals surface area contributed by atoms with Crippen molar-refractivity contribution >= 4 is 52.9 Å². The molecule has 0 atom stereocenters. The molecule has 5 rings (SSSR count). The molecular formula is C26H31ClN5O4P. The summed E-state index contributed by atoms with van der Waals surface area (Å²) in [5.74, 6) is 1.02. The van der Waals surface area contributed by atoms with Gasteiger partial charge in [0.2, 0.25) is 5.95 Å². The topological polar surface area (TPSA) is 97.8 Å². The summed E-state index contributed by atoms with van der Waals surface area (Å²) >= 11 is 6.39. The lowest BCUT2D eigenvalue weighted by atomic mass is 10.0. The Bertz CT molecular complexity index is 1320. The molecule has 37 heavy (non-hydrogen) atoms. The Morgan fingerprint density at radius 2 is 1.78 bits per heavy atom. The molecule has 2 aromatic carbocycles. The van der Waals surface area contributed by atoms with Gasteiger partial charge >= 0.3 is 0 Å². The number of nitrogens with zero attached hydrogens (tertiary/aromatic N) is 3. The Hall–Kier alpha value is -2.84. The summed E-state index contributed by atoms with van der Waals surface area (Å²) in [5, 5.41) is 7.53. The Kier molecular flexibility index (Phi) is 7.32. The Morgan fingerprint density at radius 3 is 2.49 bits per heavy atom. The first-order chi connectivity index (χ1) is 17.8. The van der Waals surface area contributed by atoms with Crippen LogP contribution < -0.4 is 25.6 Å². The van der Waals surface area contributed by atoms with Crippen LogP contribution in [0.3, 0.4) is 0 Å². The van der Waals surface area contributed by atoms with E-state index in [0.717, 1.165) is 42.6 Å². The third-order valence-electron chi connectivity index (χ3n) is 6.62.